The fraction of sp³-hybridized carbons (Fsp3) is 0.167. The molecule has 0 aliphatic heterocycles. The molecular weight excluding hydrogens is 263 g/mol. The molecule has 2 rings (SSSR count). The van der Waals surface area contributed by atoms with E-state index in [1.54, 1.807) is 12.3 Å². The number of ketones is 1. The Kier molecular flexibility index (Phi) is 3.47. The van der Waals surface area contributed by atoms with Gasteiger partial charge in [0.05, 0.1) is 12.0 Å². The third-order valence-corrected chi connectivity index (χ3v) is 3.23. The maximum Gasteiger partial charge on any atom is 0.175 e. The van der Waals surface area contributed by atoms with E-state index >= 15 is 0 Å². The van der Waals surface area contributed by atoms with E-state index in [-0.39, 0.29) is 6.42 Å². The van der Waals surface area contributed by atoms with Crippen molar-refractivity contribution in [2.45, 2.75) is 13.3 Å². The van der Waals surface area contributed by atoms with Gasteiger partial charge in [-0.05, 0) is 6.92 Å². The highest BCUT2D eigenvalue weighted by molar-refractivity contribution is 7.09. The molecule has 0 unspecified atom stereocenters. The van der Waals surface area contributed by atoms with Gasteiger partial charge in [-0.15, -0.1) is 11.3 Å². The number of Topliss-reactive ketones (excluding diaryl/α,β-unsaturated/α-hetero) is 1. The zero-order valence-electron chi connectivity index (χ0n) is 9.34. The van der Waals surface area contributed by atoms with Crippen LogP contribution in [0.25, 0.3) is 0 Å². The van der Waals surface area contributed by atoms with E-state index in [9.17, 15) is 18.0 Å². The van der Waals surface area contributed by atoms with Crippen LogP contribution >= 0.6 is 11.3 Å². The van der Waals surface area contributed by atoms with Gasteiger partial charge >= 0.3 is 0 Å². The van der Waals surface area contributed by atoms with E-state index in [0.29, 0.717) is 17.1 Å². The third kappa shape index (κ3) is 2.59. The zero-order valence-corrected chi connectivity index (χ0v) is 10.2. The summed E-state index contributed by atoms with van der Waals surface area (Å²) < 4.78 is 39.4. The molecule has 0 radical (unpaired) electrons. The quantitative estimate of drug-likeness (QED) is 0.802. The standard InChI is InChI=1S/C12H8F3NOS/c1-6-5-18-11(16-6)4-10(17)12-8(14)2-7(13)3-9(12)15/h2-3,5H,4H2,1H3. The number of thiazole rings is 1. The predicted octanol–water partition coefficient (Wildman–Crippen LogP) is 3.29. The molecule has 0 saturated heterocycles. The summed E-state index contributed by atoms with van der Waals surface area (Å²) in [6, 6.07) is 0.979. The first-order valence-corrected chi connectivity index (χ1v) is 5.94. The van der Waals surface area contributed by atoms with Gasteiger partial charge in [0.25, 0.3) is 0 Å². The highest BCUT2D eigenvalue weighted by Crippen LogP contribution is 2.18. The van der Waals surface area contributed by atoms with Gasteiger partial charge in [0.15, 0.2) is 5.78 Å². The van der Waals surface area contributed by atoms with Crippen molar-refractivity contribution in [2.24, 2.45) is 0 Å². The second-order valence-corrected chi connectivity index (χ2v) is 4.67. The SMILES string of the molecule is Cc1csc(CC(=O)c2c(F)cc(F)cc2F)n1. The first kappa shape index (κ1) is 12.8. The molecule has 0 N–H and O–H groups in total. The Hall–Kier alpha value is -1.69. The molecule has 0 fully saturated rings. The van der Waals surface area contributed by atoms with Crippen molar-refractivity contribution < 1.29 is 18.0 Å². The lowest BCUT2D eigenvalue weighted by atomic mass is 10.1. The van der Waals surface area contributed by atoms with Gasteiger partial charge in [-0.2, -0.15) is 0 Å². The van der Waals surface area contributed by atoms with Crippen molar-refractivity contribution >= 4 is 17.1 Å². The monoisotopic (exact) mass is 271 g/mol. The Morgan fingerprint density at radius 1 is 1.28 bits per heavy atom. The minimum atomic E-state index is -1.19. The van der Waals surface area contributed by atoms with Crippen molar-refractivity contribution in [1.29, 1.82) is 0 Å². The van der Waals surface area contributed by atoms with Crippen molar-refractivity contribution in [3.8, 4) is 0 Å². The lowest BCUT2D eigenvalue weighted by Crippen LogP contribution is -2.09. The number of carbonyl (C=O) groups excluding carboxylic acids is 1. The van der Waals surface area contributed by atoms with E-state index in [2.05, 4.69) is 4.98 Å². The van der Waals surface area contributed by atoms with E-state index in [1.807, 2.05) is 0 Å². The molecular formula is C12H8F3NOS. The number of benzene rings is 1. The second-order valence-electron chi connectivity index (χ2n) is 3.73. The van der Waals surface area contributed by atoms with Crippen LogP contribution in [0.15, 0.2) is 17.5 Å². The molecule has 0 bridgehead atoms. The minimum absolute atomic E-state index is 0.196. The predicted molar refractivity (Wildman–Crippen MR) is 61.2 cm³/mol. The Labute approximate surface area is 105 Å². The largest absolute Gasteiger partial charge is 0.293 e. The van der Waals surface area contributed by atoms with Gasteiger partial charge in [-0.25, -0.2) is 18.2 Å². The van der Waals surface area contributed by atoms with Crippen LogP contribution in [0.2, 0.25) is 0 Å². The smallest absolute Gasteiger partial charge is 0.175 e. The normalized spacial score (nSPS) is 10.7. The number of aryl methyl sites for hydroxylation is 1. The van der Waals surface area contributed by atoms with Crippen molar-refractivity contribution in [3.63, 3.8) is 0 Å². The molecule has 94 valence electrons. The molecule has 0 atom stereocenters. The summed E-state index contributed by atoms with van der Waals surface area (Å²) >= 11 is 1.24. The van der Waals surface area contributed by atoms with E-state index < -0.39 is 28.8 Å². The summed E-state index contributed by atoms with van der Waals surface area (Å²) in [5.74, 6) is -4.18. The summed E-state index contributed by atoms with van der Waals surface area (Å²) in [4.78, 5) is 15.8. The highest BCUT2D eigenvalue weighted by atomic mass is 32.1. The van der Waals surface area contributed by atoms with Gasteiger partial charge in [0.1, 0.15) is 22.5 Å². The fourth-order valence-corrected chi connectivity index (χ4v) is 2.29. The molecule has 0 aliphatic rings. The Balaban J connectivity index is 2.29. The van der Waals surface area contributed by atoms with Gasteiger partial charge < -0.3 is 0 Å². The van der Waals surface area contributed by atoms with Crippen LogP contribution < -0.4 is 0 Å². The van der Waals surface area contributed by atoms with Gasteiger partial charge in [-0.3, -0.25) is 4.79 Å². The van der Waals surface area contributed by atoms with Crippen LogP contribution in [0.4, 0.5) is 13.2 Å². The average molecular weight is 271 g/mol. The number of halogens is 3. The molecule has 2 aromatic rings. The average Bonchev–Trinajstić information content (AvgIpc) is 2.62. The lowest BCUT2D eigenvalue weighted by molar-refractivity contribution is 0.0984. The van der Waals surface area contributed by atoms with E-state index in [1.165, 1.54) is 11.3 Å². The molecule has 0 spiro atoms. The Morgan fingerprint density at radius 3 is 2.39 bits per heavy atom. The van der Waals surface area contributed by atoms with Crippen molar-refractivity contribution in [1.82, 2.24) is 4.98 Å². The topological polar surface area (TPSA) is 30.0 Å². The number of carbonyl (C=O) groups is 1. The van der Waals surface area contributed by atoms with Crippen LogP contribution in [-0.2, 0) is 6.42 Å². The van der Waals surface area contributed by atoms with Crippen molar-refractivity contribution in [2.75, 3.05) is 0 Å². The summed E-state index contributed by atoms with van der Waals surface area (Å²) in [7, 11) is 0. The first-order valence-electron chi connectivity index (χ1n) is 5.06. The van der Waals surface area contributed by atoms with Crippen LogP contribution in [0.5, 0.6) is 0 Å². The summed E-state index contributed by atoms with van der Waals surface area (Å²) in [6.45, 7) is 1.75. The maximum atomic E-state index is 13.4. The Bertz CT molecular complexity index is 586. The molecule has 0 saturated carbocycles. The number of hydrogen-bond acceptors (Lipinski definition) is 3. The minimum Gasteiger partial charge on any atom is -0.293 e. The number of rotatable bonds is 3. The molecule has 6 heteroatoms. The summed E-state index contributed by atoms with van der Waals surface area (Å²) in [5.41, 5.74) is 0.0205. The Morgan fingerprint density at radius 2 is 1.89 bits per heavy atom. The molecule has 2 nitrogen and oxygen atoms in total. The number of nitrogens with zero attached hydrogens (tertiary/aromatic N) is 1. The fourth-order valence-electron chi connectivity index (χ4n) is 1.52. The van der Waals surface area contributed by atoms with Gasteiger partial charge in [0, 0.05) is 23.2 Å². The highest BCUT2D eigenvalue weighted by Gasteiger charge is 2.20. The van der Waals surface area contributed by atoms with Crippen LogP contribution in [0.3, 0.4) is 0 Å². The molecule has 1 aromatic carbocycles. The molecule has 0 amide bonds. The molecule has 1 aromatic heterocycles. The van der Waals surface area contributed by atoms with Gasteiger partial charge in [-0.1, -0.05) is 0 Å². The first-order chi connectivity index (χ1) is 8.47. The molecule has 0 aliphatic carbocycles. The van der Waals surface area contributed by atoms with Crippen LogP contribution in [-0.4, -0.2) is 10.8 Å². The van der Waals surface area contributed by atoms with Gasteiger partial charge in [0.2, 0.25) is 0 Å². The zero-order chi connectivity index (χ0) is 13.3. The van der Waals surface area contributed by atoms with E-state index in [4.69, 9.17) is 0 Å². The lowest BCUT2D eigenvalue weighted by Gasteiger charge is -2.03. The van der Waals surface area contributed by atoms with Crippen LogP contribution in [0, 0.1) is 24.4 Å². The third-order valence-electron chi connectivity index (χ3n) is 2.26. The summed E-state index contributed by atoms with van der Waals surface area (Å²) in [5, 5.41) is 2.21. The van der Waals surface area contributed by atoms with Crippen molar-refractivity contribution in [3.05, 3.63) is 51.2 Å². The second kappa shape index (κ2) is 4.89. The maximum absolute atomic E-state index is 13.4. The molecule has 1 heterocycles. The molecule has 18 heavy (non-hydrogen) atoms. The number of aromatic nitrogens is 1. The summed E-state index contributed by atoms with van der Waals surface area (Å²) in [6.07, 6.45) is -0.196. The van der Waals surface area contributed by atoms with E-state index in [0.717, 1.165) is 5.69 Å². The van der Waals surface area contributed by atoms with Crippen LogP contribution in [0.1, 0.15) is 21.1 Å². The number of hydrogen-bond donors (Lipinski definition) is 0.